The monoisotopic (exact) mass is 201 g/mol. The number of nitrogens with one attached hydrogen (secondary N) is 1. The number of aliphatic hydroxyl groups excluding tert-OH is 1. The van der Waals surface area contributed by atoms with Gasteiger partial charge >= 0.3 is 0 Å². The minimum Gasteiger partial charge on any atom is -0.392 e. The van der Waals surface area contributed by atoms with E-state index in [2.05, 4.69) is 5.32 Å². The molecule has 0 bridgehead atoms. The lowest BCUT2D eigenvalue weighted by molar-refractivity contribution is -0.000880. The SMILES string of the molecule is CC(O)C(C)NCC1(O)CCCCC1. The molecule has 0 aliphatic heterocycles. The van der Waals surface area contributed by atoms with Gasteiger partial charge in [-0.15, -0.1) is 0 Å². The summed E-state index contributed by atoms with van der Waals surface area (Å²) in [7, 11) is 0. The van der Waals surface area contributed by atoms with Crippen LogP contribution < -0.4 is 5.32 Å². The molecule has 14 heavy (non-hydrogen) atoms. The Kier molecular flexibility index (Phi) is 4.35. The third kappa shape index (κ3) is 3.56. The van der Waals surface area contributed by atoms with Crippen molar-refractivity contribution in [2.24, 2.45) is 0 Å². The second-order valence-corrected chi connectivity index (χ2v) is 4.70. The Balaban J connectivity index is 2.28. The van der Waals surface area contributed by atoms with Gasteiger partial charge in [0.15, 0.2) is 0 Å². The Morgan fingerprint density at radius 1 is 1.21 bits per heavy atom. The van der Waals surface area contributed by atoms with Crippen molar-refractivity contribution in [2.45, 2.75) is 63.7 Å². The van der Waals surface area contributed by atoms with Gasteiger partial charge in [-0.1, -0.05) is 19.3 Å². The predicted octanol–water partition coefficient (Wildman–Crippen LogP) is 1.04. The molecule has 1 rings (SSSR count). The van der Waals surface area contributed by atoms with Crippen molar-refractivity contribution in [3.8, 4) is 0 Å². The van der Waals surface area contributed by atoms with Crippen molar-refractivity contribution in [1.29, 1.82) is 0 Å². The average Bonchev–Trinajstić information content (AvgIpc) is 2.15. The summed E-state index contributed by atoms with van der Waals surface area (Å²) in [6, 6.07) is 0.0564. The van der Waals surface area contributed by atoms with E-state index in [1.165, 1.54) is 6.42 Å². The average molecular weight is 201 g/mol. The van der Waals surface area contributed by atoms with Crippen LogP contribution in [0.5, 0.6) is 0 Å². The van der Waals surface area contributed by atoms with Gasteiger partial charge in [-0.3, -0.25) is 0 Å². The number of aliphatic hydroxyl groups is 2. The Labute approximate surface area is 86.5 Å². The molecule has 0 aromatic rings. The lowest BCUT2D eigenvalue weighted by atomic mass is 9.84. The molecule has 1 aliphatic carbocycles. The lowest BCUT2D eigenvalue weighted by Gasteiger charge is -2.33. The van der Waals surface area contributed by atoms with Gasteiger partial charge in [0.05, 0.1) is 11.7 Å². The van der Waals surface area contributed by atoms with Crippen molar-refractivity contribution in [1.82, 2.24) is 5.32 Å². The summed E-state index contributed by atoms with van der Waals surface area (Å²) in [5.74, 6) is 0. The van der Waals surface area contributed by atoms with Crippen molar-refractivity contribution in [2.75, 3.05) is 6.54 Å². The van der Waals surface area contributed by atoms with Crippen molar-refractivity contribution in [3.63, 3.8) is 0 Å². The van der Waals surface area contributed by atoms with Gasteiger partial charge in [0, 0.05) is 12.6 Å². The van der Waals surface area contributed by atoms with E-state index >= 15 is 0 Å². The number of hydrogen-bond donors (Lipinski definition) is 3. The molecule has 84 valence electrons. The third-order valence-corrected chi connectivity index (χ3v) is 3.26. The van der Waals surface area contributed by atoms with Crippen LogP contribution in [-0.4, -0.2) is 34.5 Å². The Bertz CT molecular complexity index is 165. The maximum atomic E-state index is 10.2. The predicted molar refractivity (Wildman–Crippen MR) is 57.2 cm³/mol. The van der Waals surface area contributed by atoms with E-state index in [4.69, 9.17) is 0 Å². The van der Waals surface area contributed by atoms with Crippen LogP contribution in [-0.2, 0) is 0 Å². The molecule has 1 fully saturated rings. The van der Waals surface area contributed by atoms with E-state index in [9.17, 15) is 10.2 Å². The summed E-state index contributed by atoms with van der Waals surface area (Å²) < 4.78 is 0. The first-order chi connectivity index (χ1) is 6.53. The van der Waals surface area contributed by atoms with E-state index in [1.807, 2.05) is 6.92 Å². The first-order valence-corrected chi connectivity index (χ1v) is 5.67. The summed E-state index contributed by atoms with van der Waals surface area (Å²) in [5.41, 5.74) is -0.526. The van der Waals surface area contributed by atoms with Crippen molar-refractivity contribution < 1.29 is 10.2 Å². The smallest absolute Gasteiger partial charge is 0.0771 e. The number of rotatable bonds is 4. The zero-order valence-electron chi connectivity index (χ0n) is 9.29. The highest BCUT2D eigenvalue weighted by molar-refractivity contribution is 4.85. The topological polar surface area (TPSA) is 52.5 Å². The van der Waals surface area contributed by atoms with Crippen LogP contribution in [0, 0.1) is 0 Å². The fourth-order valence-corrected chi connectivity index (χ4v) is 1.91. The molecule has 3 nitrogen and oxygen atoms in total. The van der Waals surface area contributed by atoms with Crippen molar-refractivity contribution >= 4 is 0 Å². The van der Waals surface area contributed by atoms with Crippen LogP contribution in [0.3, 0.4) is 0 Å². The first kappa shape index (κ1) is 12.0. The molecule has 0 aromatic carbocycles. The molecule has 3 N–H and O–H groups in total. The Morgan fingerprint density at radius 2 is 1.79 bits per heavy atom. The van der Waals surface area contributed by atoms with E-state index in [0.717, 1.165) is 25.7 Å². The van der Waals surface area contributed by atoms with Gasteiger partial charge in [-0.05, 0) is 26.7 Å². The minimum absolute atomic E-state index is 0.0564. The standard InChI is InChI=1S/C11H23NO2/c1-9(10(2)13)12-8-11(14)6-4-3-5-7-11/h9-10,12-14H,3-8H2,1-2H3. The molecule has 1 aliphatic rings. The maximum absolute atomic E-state index is 10.2. The minimum atomic E-state index is -0.526. The summed E-state index contributed by atoms with van der Waals surface area (Å²) in [5, 5.41) is 22.6. The summed E-state index contributed by atoms with van der Waals surface area (Å²) in [6.45, 7) is 4.32. The number of hydrogen-bond acceptors (Lipinski definition) is 3. The summed E-state index contributed by atoms with van der Waals surface area (Å²) in [6.07, 6.45) is 4.93. The summed E-state index contributed by atoms with van der Waals surface area (Å²) in [4.78, 5) is 0. The van der Waals surface area contributed by atoms with Gasteiger partial charge in [0.2, 0.25) is 0 Å². The second kappa shape index (κ2) is 5.10. The molecule has 0 spiro atoms. The molecule has 0 saturated heterocycles. The van der Waals surface area contributed by atoms with Crippen LogP contribution in [0.25, 0.3) is 0 Å². The van der Waals surface area contributed by atoms with Gasteiger partial charge in [-0.2, -0.15) is 0 Å². The van der Waals surface area contributed by atoms with Crippen LogP contribution in [0.1, 0.15) is 46.0 Å². The molecule has 3 heteroatoms. The highest BCUT2D eigenvalue weighted by Crippen LogP contribution is 2.27. The van der Waals surface area contributed by atoms with Crippen LogP contribution >= 0.6 is 0 Å². The Hall–Kier alpha value is -0.120. The third-order valence-electron chi connectivity index (χ3n) is 3.26. The van der Waals surface area contributed by atoms with Crippen LogP contribution in [0.2, 0.25) is 0 Å². The normalized spacial score (nSPS) is 25.7. The van der Waals surface area contributed by atoms with E-state index in [0.29, 0.717) is 6.54 Å². The maximum Gasteiger partial charge on any atom is 0.0771 e. The van der Waals surface area contributed by atoms with Crippen LogP contribution in [0.15, 0.2) is 0 Å². The van der Waals surface area contributed by atoms with Gasteiger partial charge in [0.25, 0.3) is 0 Å². The quantitative estimate of drug-likeness (QED) is 0.637. The molecule has 0 heterocycles. The highest BCUT2D eigenvalue weighted by Gasteiger charge is 2.29. The van der Waals surface area contributed by atoms with Gasteiger partial charge < -0.3 is 15.5 Å². The lowest BCUT2D eigenvalue weighted by Crippen LogP contribution is -2.47. The fraction of sp³-hybridized carbons (Fsp3) is 1.00. The molecular weight excluding hydrogens is 178 g/mol. The molecule has 0 amide bonds. The highest BCUT2D eigenvalue weighted by atomic mass is 16.3. The van der Waals surface area contributed by atoms with E-state index < -0.39 is 5.60 Å². The largest absolute Gasteiger partial charge is 0.392 e. The molecular formula is C11H23NO2. The molecule has 2 atom stereocenters. The molecule has 0 aromatic heterocycles. The first-order valence-electron chi connectivity index (χ1n) is 5.67. The van der Waals surface area contributed by atoms with Gasteiger partial charge in [0.1, 0.15) is 0 Å². The van der Waals surface area contributed by atoms with Gasteiger partial charge in [-0.25, -0.2) is 0 Å². The van der Waals surface area contributed by atoms with Crippen LogP contribution in [0.4, 0.5) is 0 Å². The van der Waals surface area contributed by atoms with E-state index in [-0.39, 0.29) is 12.1 Å². The second-order valence-electron chi connectivity index (χ2n) is 4.70. The molecule has 2 unspecified atom stereocenters. The van der Waals surface area contributed by atoms with E-state index in [1.54, 1.807) is 6.92 Å². The molecule has 1 saturated carbocycles. The Morgan fingerprint density at radius 3 is 2.29 bits per heavy atom. The summed E-state index contributed by atoms with van der Waals surface area (Å²) >= 11 is 0. The fourth-order valence-electron chi connectivity index (χ4n) is 1.91. The zero-order chi connectivity index (χ0) is 10.6. The zero-order valence-corrected chi connectivity index (χ0v) is 9.29. The van der Waals surface area contributed by atoms with Crippen molar-refractivity contribution in [3.05, 3.63) is 0 Å². The molecule has 0 radical (unpaired) electrons.